The van der Waals surface area contributed by atoms with Gasteiger partial charge in [0.15, 0.2) is 5.82 Å². The van der Waals surface area contributed by atoms with Gasteiger partial charge < -0.3 is 27.5 Å². The molecule has 0 fully saturated rings. The highest BCUT2D eigenvalue weighted by Crippen LogP contribution is 2.31. The second-order valence-electron chi connectivity index (χ2n) is 11.0. The molecule has 0 saturated heterocycles. The normalized spacial score (nSPS) is 13.5. The quantitative estimate of drug-likeness (QED) is 0.0729. The summed E-state index contributed by atoms with van der Waals surface area (Å²) in [6, 6.07) is 13.4. The molecular weight excluding hydrogens is 567 g/mol. The third-order valence-electron chi connectivity index (χ3n) is 7.41. The second kappa shape index (κ2) is 15.2. The van der Waals surface area contributed by atoms with E-state index in [9.17, 15) is 4.79 Å². The van der Waals surface area contributed by atoms with Crippen LogP contribution in [0.25, 0.3) is 28.0 Å². The van der Waals surface area contributed by atoms with Gasteiger partial charge in [-0.3, -0.25) is 9.56 Å². The first-order chi connectivity index (χ1) is 20.7. The lowest BCUT2D eigenvalue weighted by molar-refractivity contribution is 0.490. The molecule has 2 atom stereocenters. The number of nitrogens with two attached hydrogens (primary N) is 3. The molecule has 4 aromatic rings. The molecular formula is C32H42ClFN8O. The number of hydrogen-bond donors (Lipinski definition) is 5. The van der Waals surface area contributed by atoms with Crippen molar-refractivity contribution in [2.75, 3.05) is 19.6 Å². The third-order valence-corrected chi connectivity index (χ3v) is 7.69. The van der Waals surface area contributed by atoms with E-state index in [1.165, 1.54) is 4.57 Å². The van der Waals surface area contributed by atoms with Crippen LogP contribution in [0.4, 0.5) is 4.39 Å². The minimum absolute atomic E-state index is 0.0558. The Morgan fingerprint density at radius 1 is 1.19 bits per heavy atom. The maximum atomic E-state index is 15.1. The number of halogens is 2. The van der Waals surface area contributed by atoms with Crippen LogP contribution in [0.1, 0.15) is 63.1 Å². The molecule has 0 radical (unpaired) electrons. The number of nitrogens with zero attached hydrogens (tertiary/aromatic N) is 3. The smallest absolute Gasteiger partial charge is 0.354 e. The number of fused-ring (bicyclic) bond motifs is 1. The van der Waals surface area contributed by atoms with Crippen molar-refractivity contribution < 1.29 is 4.39 Å². The summed E-state index contributed by atoms with van der Waals surface area (Å²) in [5.41, 5.74) is 20.6. The van der Waals surface area contributed by atoms with Crippen molar-refractivity contribution in [3.63, 3.8) is 0 Å². The Hall–Kier alpha value is -3.57. The summed E-state index contributed by atoms with van der Waals surface area (Å²) in [7, 11) is 0. The van der Waals surface area contributed by atoms with Crippen LogP contribution >= 0.6 is 11.6 Å². The van der Waals surface area contributed by atoms with E-state index in [2.05, 4.69) is 27.2 Å². The van der Waals surface area contributed by atoms with Crippen molar-refractivity contribution in [3.05, 3.63) is 81.1 Å². The number of aryl methyl sites for hydroxylation is 1. The molecule has 9 nitrogen and oxygen atoms in total. The maximum Gasteiger partial charge on any atom is 0.354 e. The number of rotatable bonds is 15. The minimum atomic E-state index is -0.516. The molecule has 0 aliphatic rings. The topological polar surface area (TPSA) is 153 Å². The SMILES string of the molecule is CCCC(NCCCN=C(N)CN)c1ccc(-n2cc3cc(-c4cc(CCCC(C)N)cc(Cl)c4F)[nH]c3nc2=O)cc1. The van der Waals surface area contributed by atoms with Crippen molar-refractivity contribution in [1.82, 2.24) is 19.9 Å². The maximum absolute atomic E-state index is 15.1. The number of benzene rings is 2. The van der Waals surface area contributed by atoms with Gasteiger partial charge in [0.25, 0.3) is 0 Å². The van der Waals surface area contributed by atoms with Gasteiger partial charge in [-0.15, -0.1) is 0 Å². The van der Waals surface area contributed by atoms with Gasteiger partial charge in [-0.1, -0.05) is 37.1 Å². The Balaban J connectivity index is 1.54. The molecule has 0 spiro atoms. The van der Waals surface area contributed by atoms with Crippen LogP contribution in [-0.2, 0) is 6.42 Å². The number of amidine groups is 1. The van der Waals surface area contributed by atoms with Crippen LogP contribution in [0, 0.1) is 5.82 Å². The van der Waals surface area contributed by atoms with Crippen molar-refractivity contribution in [1.29, 1.82) is 0 Å². The van der Waals surface area contributed by atoms with Gasteiger partial charge in [-0.25, -0.2) is 9.18 Å². The van der Waals surface area contributed by atoms with Gasteiger partial charge in [0.05, 0.1) is 22.9 Å². The molecule has 0 aliphatic carbocycles. The predicted molar refractivity (Wildman–Crippen MR) is 174 cm³/mol. The highest BCUT2D eigenvalue weighted by molar-refractivity contribution is 6.31. The van der Waals surface area contributed by atoms with Gasteiger partial charge in [0.2, 0.25) is 0 Å². The van der Waals surface area contributed by atoms with Crippen LogP contribution < -0.4 is 28.2 Å². The highest BCUT2D eigenvalue weighted by Gasteiger charge is 2.16. The van der Waals surface area contributed by atoms with Crippen LogP contribution in [0.15, 0.2) is 58.4 Å². The lowest BCUT2D eigenvalue weighted by Crippen LogP contribution is -2.25. The van der Waals surface area contributed by atoms with Crippen LogP contribution in [0.5, 0.6) is 0 Å². The zero-order chi connectivity index (χ0) is 30.9. The lowest BCUT2D eigenvalue weighted by Gasteiger charge is -2.19. The molecule has 0 aliphatic heterocycles. The van der Waals surface area contributed by atoms with E-state index in [-0.39, 0.29) is 23.7 Å². The first-order valence-electron chi connectivity index (χ1n) is 14.9. The number of aromatic amines is 1. The van der Waals surface area contributed by atoms with E-state index in [0.29, 0.717) is 40.4 Å². The Morgan fingerprint density at radius 3 is 2.65 bits per heavy atom. The molecule has 11 heteroatoms. The fourth-order valence-electron chi connectivity index (χ4n) is 5.12. The van der Waals surface area contributed by atoms with E-state index in [4.69, 9.17) is 28.8 Å². The summed E-state index contributed by atoms with van der Waals surface area (Å²) in [5, 5.41) is 4.33. The van der Waals surface area contributed by atoms with Gasteiger partial charge >= 0.3 is 5.69 Å². The van der Waals surface area contributed by atoms with Crippen LogP contribution in [0.3, 0.4) is 0 Å². The monoisotopic (exact) mass is 608 g/mol. The van der Waals surface area contributed by atoms with Crippen LogP contribution in [-0.4, -0.2) is 46.0 Å². The standard InChI is InChI=1S/C32H42ClFN8O/c1-3-6-27(38-13-5-14-39-29(37)18-35)22-9-11-24(12-10-22)42-19-23-17-28(40-31(23)41-32(42)43)25-15-21(8-4-7-20(2)36)16-26(33)30(25)34/h9-12,15-17,19-20,27,38H,3-8,13-14,18,35-36H2,1-2H3,(H2,37,39)(H,40,41,43). The fourth-order valence-corrected chi connectivity index (χ4v) is 5.37. The molecule has 2 unspecified atom stereocenters. The van der Waals surface area contributed by atoms with Gasteiger partial charge in [-0.2, -0.15) is 4.98 Å². The first-order valence-corrected chi connectivity index (χ1v) is 15.3. The van der Waals surface area contributed by atoms with Gasteiger partial charge in [0, 0.05) is 35.8 Å². The molecule has 2 heterocycles. The molecule has 230 valence electrons. The number of aliphatic imine (C=N–C) groups is 1. The van der Waals surface area contributed by atoms with Crippen molar-refractivity contribution in [2.45, 2.75) is 64.5 Å². The Morgan fingerprint density at radius 2 is 1.95 bits per heavy atom. The van der Waals surface area contributed by atoms with E-state index >= 15 is 4.39 Å². The summed E-state index contributed by atoms with van der Waals surface area (Å²) in [6.07, 6.45) is 7.05. The lowest BCUT2D eigenvalue weighted by atomic mass is 10.0. The van der Waals surface area contributed by atoms with E-state index in [1.807, 2.05) is 31.2 Å². The molecule has 0 amide bonds. The molecule has 0 bridgehead atoms. The van der Waals surface area contributed by atoms with Crippen LogP contribution in [0.2, 0.25) is 5.02 Å². The zero-order valence-electron chi connectivity index (χ0n) is 24.9. The first kappa shape index (κ1) is 32.3. The van der Waals surface area contributed by atoms with Gasteiger partial charge in [0.1, 0.15) is 11.5 Å². The Bertz CT molecular complexity index is 1600. The average Bonchev–Trinajstić information content (AvgIpc) is 3.40. The summed E-state index contributed by atoms with van der Waals surface area (Å²) in [5.74, 6) is -0.0494. The fraction of sp³-hybridized carbons (Fsp3) is 0.406. The van der Waals surface area contributed by atoms with Crippen molar-refractivity contribution in [3.8, 4) is 16.9 Å². The number of nitrogens with one attached hydrogen (secondary N) is 2. The molecule has 4 rings (SSSR count). The number of aromatic nitrogens is 3. The summed E-state index contributed by atoms with van der Waals surface area (Å²) in [4.78, 5) is 24.6. The summed E-state index contributed by atoms with van der Waals surface area (Å²) in [6.45, 7) is 5.82. The largest absolute Gasteiger partial charge is 0.386 e. The Kier molecular flexibility index (Phi) is 11.5. The molecule has 43 heavy (non-hydrogen) atoms. The third kappa shape index (κ3) is 8.51. The second-order valence-corrected chi connectivity index (χ2v) is 11.4. The molecule has 8 N–H and O–H groups in total. The highest BCUT2D eigenvalue weighted by atomic mass is 35.5. The zero-order valence-corrected chi connectivity index (χ0v) is 25.6. The predicted octanol–water partition coefficient (Wildman–Crippen LogP) is 4.98. The molecule has 2 aromatic carbocycles. The summed E-state index contributed by atoms with van der Waals surface area (Å²) >= 11 is 6.25. The Labute approximate surface area is 256 Å². The molecule has 0 saturated carbocycles. The molecule has 2 aromatic heterocycles. The van der Waals surface area contributed by atoms with Crippen molar-refractivity contribution >= 4 is 28.5 Å². The van der Waals surface area contributed by atoms with Crippen molar-refractivity contribution in [2.24, 2.45) is 22.2 Å². The van der Waals surface area contributed by atoms with E-state index in [0.717, 1.165) is 56.2 Å². The van der Waals surface area contributed by atoms with Gasteiger partial charge in [-0.05, 0) is 87.0 Å². The number of hydrogen-bond acceptors (Lipinski definition) is 6. The van der Waals surface area contributed by atoms with E-state index < -0.39 is 11.5 Å². The average molecular weight is 609 g/mol. The summed E-state index contributed by atoms with van der Waals surface area (Å²) < 4.78 is 16.6. The number of H-pyrrole nitrogens is 1. The minimum Gasteiger partial charge on any atom is -0.386 e. The van der Waals surface area contributed by atoms with E-state index in [1.54, 1.807) is 24.4 Å².